The number of unbranched alkanes of at least 4 members (excludes halogenated alkanes) is 5. The second-order valence-corrected chi connectivity index (χ2v) is 8.35. The highest BCUT2D eigenvalue weighted by Crippen LogP contribution is 2.70. The molecule has 150 valence electrons. The Hall–Kier alpha value is -1.81. The third-order valence-electron chi connectivity index (χ3n) is 4.54. The van der Waals surface area contributed by atoms with Crippen LogP contribution in [0.4, 0.5) is 0 Å². The molecule has 2 bridgehead atoms. The van der Waals surface area contributed by atoms with Gasteiger partial charge in [-0.3, -0.25) is 0 Å². The Bertz CT molecular complexity index is 672. The molecule has 0 aromatic heterocycles. The van der Waals surface area contributed by atoms with Crippen LogP contribution in [0.5, 0.6) is 5.75 Å². The first-order valence-electron chi connectivity index (χ1n) is 9.97. The summed E-state index contributed by atoms with van der Waals surface area (Å²) in [7, 11) is -3.41. The Morgan fingerprint density at radius 3 is 2.22 bits per heavy atom. The molecular formula is C20H29O6P. The monoisotopic (exact) mass is 396 g/mol. The molecule has 3 aliphatic rings. The zero-order valence-corrected chi connectivity index (χ0v) is 17.0. The van der Waals surface area contributed by atoms with Crippen LogP contribution in [0.25, 0.3) is 0 Å². The van der Waals surface area contributed by atoms with Crippen molar-refractivity contribution in [2.45, 2.75) is 77.9 Å². The molecule has 3 heterocycles. The Morgan fingerprint density at radius 1 is 0.889 bits per heavy atom. The molecule has 1 aromatic rings. The highest BCUT2D eigenvalue weighted by atomic mass is 31.2. The van der Waals surface area contributed by atoms with Crippen LogP contribution in [0.2, 0.25) is 0 Å². The lowest BCUT2D eigenvalue weighted by Gasteiger charge is -2.19. The largest absolute Gasteiger partial charge is 0.654 e. The number of fused-ring (bicyclic) bond motifs is 1. The number of phosphoric ester groups is 1. The summed E-state index contributed by atoms with van der Waals surface area (Å²) in [6.45, 7) is 4.38. The fourth-order valence-corrected chi connectivity index (χ4v) is 3.94. The zero-order valence-electron chi connectivity index (χ0n) is 16.1. The van der Waals surface area contributed by atoms with Gasteiger partial charge in [-0.1, -0.05) is 58.1 Å². The summed E-state index contributed by atoms with van der Waals surface area (Å²) in [6.07, 6.45) is 9.30. The maximum atomic E-state index is 11.7. The average molecular weight is 396 g/mol. The van der Waals surface area contributed by atoms with E-state index < -0.39 is 14.1 Å². The number of benzene rings is 1. The first-order valence-corrected chi connectivity index (χ1v) is 11.4. The lowest BCUT2D eigenvalue weighted by molar-refractivity contribution is -0.0804. The van der Waals surface area contributed by atoms with Crippen LogP contribution in [-0.2, 0) is 29.3 Å². The van der Waals surface area contributed by atoms with Gasteiger partial charge in [-0.2, -0.15) is 4.57 Å². The average Bonchev–Trinajstić information content (AvgIpc) is 3.12. The summed E-state index contributed by atoms with van der Waals surface area (Å²) in [4.78, 5) is 0. The van der Waals surface area contributed by atoms with E-state index in [-0.39, 0.29) is 11.9 Å². The van der Waals surface area contributed by atoms with Crippen molar-refractivity contribution in [3.63, 3.8) is 0 Å². The molecular weight excluding hydrogens is 367 g/mol. The van der Waals surface area contributed by atoms with Gasteiger partial charge in [0, 0.05) is 6.42 Å². The Kier molecular flexibility index (Phi) is 6.95. The van der Waals surface area contributed by atoms with E-state index in [0.29, 0.717) is 6.42 Å². The molecule has 1 aromatic carbocycles. The van der Waals surface area contributed by atoms with E-state index in [1.165, 1.54) is 37.7 Å². The Labute approximate surface area is 161 Å². The van der Waals surface area contributed by atoms with Gasteiger partial charge < -0.3 is 23.0 Å². The molecule has 0 radical (unpaired) electrons. The minimum Gasteiger partial charge on any atom is -0.455 e. The molecule has 0 aliphatic carbocycles. The lowest BCUT2D eigenvalue weighted by Crippen LogP contribution is -2.20. The standard InChI is InChI=1S/C20H29O6P/c1-3-5-7-8-9-11-18(23-19-20-25-27(21,24-19)26-20)22-17-14-12-16(13-15-17)10-6-4-2/h12-15,18H,3-11H2,1-2H3. The summed E-state index contributed by atoms with van der Waals surface area (Å²) in [5, 5.41) is 0. The van der Waals surface area contributed by atoms with E-state index in [2.05, 4.69) is 26.0 Å². The quantitative estimate of drug-likeness (QED) is 0.218. The normalized spacial score (nSPS) is 17.4. The molecule has 27 heavy (non-hydrogen) atoms. The fourth-order valence-electron chi connectivity index (χ4n) is 2.97. The second kappa shape index (κ2) is 9.41. The molecule has 0 saturated carbocycles. The molecule has 1 unspecified atom stereocenters. The van der Waals surface area contributed by atoms with E-state index in [0.717, 1.165) is 25.0 Å². The predicted octanol–water partition coefficient (Wildman–Crippen LogP) is 6.42. The number of rotatable bonds is 13. The van der Waals surface area contributed by atoms with Crippen LogP contribution in [0.1, 0.15) is 70.8 Å². The van der Waals surface area contributed by atoms with Gasteiger partial charge in [0.1, 0.15) is 5.75 Å². The summed E-state index contributed by atoms with van der Waals surface area (Å²) in [6, 6.07) is 8.08. The highest BCUT2D eigenvalue weighted by molar-refractivity contribution is 7.50. The third-order valence-corrected chi connectivity index (χ3v) is 5.71. The summed E-state index contributed by atoms with van der Waals surface area (Å²) >= 11 is 0. The fraction of sp³-hybridized carbons (Fsp3) is 0.600. The molecule has 0 amide bonds. The number of ether oxygens (including phenoxy) is 2. The number of hydrogen-bond acceptors (Lipinski definition) is 6. The van der Waals surface area contributed by atoms with Crippen molar-refractivity contribution in [2.24, 2.45) is 0 Å². The van der Waals surface area contributed by atoms with Crippen molar-refractivity contribution in [1.82, 2.24) is 0 Å². The minimum absolute atomic E-state index is 0.0245. The van der Waals surface area contributed by atoms with E-state index in [4.69, 9.17) is 23.0 Å². The summed E-state index contributed by atoms with van der Waals surface area (Å²) < 4.78 is 38.3. The SMILES string of the molecule is CCCCCCCC(OC1=C2OP(=O)(O1)O2)Oc1ccc(CCCC)cc1. The van der Waals surface area contributed by atoms with Gasteiger partial charge >= 0.3 is 19.7 Å². The zero-order chi connectivity index (χ0) is 19.1. The van der Waals surface area contributed by atoms with Crippen LogP contribution >= 0.6 is 7.82 Å². The molecule has 6 nitrogen and oxygen atoms in total. The first-order chi connectivity index (χ1) is 13.1. The van der Waals surface area contributed by atoms with Gasteiger partial charge in [0.25, 0.3) is 0 Å². The molecule has 4 rings (SSSR count). The first kappa shape index (κ1) is 19.9. The topological polar surface area (TPSA) is 63.2 Å². The molecule has 7 heteroatoms. The van der Waals surface area contributed by atoms with Crippen molar-refractivity contribution in [3.8, 4) is 5.75 Å². The van der Waals surface area contributed by atoms with Gasteiger partial charge in [0.15, 0.2) is 0 Å². The predicted molar refractivity (Wildman–Crippen MR) is 102 cm³/mol. The van der Waals surface area contributed by atoms with Gasteiger partial charge in [-0.25, -0.2) is 0 Å². The highest BCUT2D eigenvalue weighted by Gasteiger charge is 2.58. The molecule has 1 saturated heterocycles. The number of phosphoric acid groups is 1. The number of aryl methyl sites for hydroxylation is 1. The summed E-state index contributed by atoms with van der Waals surface area (Å²) in [5.74, 6) is 0.808. The van der Waals surface area contributed by atoms with E-state index in [1.54, 1.807) is 0 Å². The van der Waals surface area contributed by atoms with Crippen molar-refractivity contribution < 1.29 is 27.6 Å². The Morgan fingerprint density at radius 2 is 1.59 bits per heavy atom. The molecule has 0 N–H and O–H groups in total. The van der Waals surface area contributed by atoms with Crippen molar-refractivity contribution in [1.29, 1.82) is 0 Å². The van der Waals surface area contributed by atoms with Gasteiger partial charge in [0.05, 0.1) is 0 Å². The van der Waals surface area contributed by atoms with Gasteiger partial charge in [-0.05, 0) is 37.0 Å². The van der Waals surface area contributed by atoms with E-state index >= 15 is 0 Å². The second-order valence-electron chi connectivity index (χ2n) is 6.91. The molecule has 0 spiro atoms. The minimum atomic E-state index is -3.41. The molecule has 3 aliphatic heterocycles. The van der Waals surface area contributed by atoms with Crippen LogP contribution < -0.4 is 4.74 Å². The number of hydrogen-bond donors (Lipinski definition) is 0. The van der Waals surface area contributed by atoms with Crippen LogP contribution in [0.15, 0.2) is 36.2 Å². The maximum absolute atomic E-state index is 11.7. The maximum Gasteiger partial charge on any atom is 0.654 e. The van der Waals surface area contributed by atoms with Crippen molar-refractivity contribution in [2.75, 3.05) is 0 Å². The molecule has 1 fully saturated rings. The van der Waals surface area contributed by atoms with Crippen LogP contribution in [-0.4, -0.2) is 6.29 Å². The Balaban J connectivity index is 1.55. The van der Waals surface area contributed by atoms with Crippen LogP contribution in [0, 0.1) is 0 Å². The molecule has 1 atom stereocenters. The van der Waals surface area contributed by atoms with Crippen molar-refractivity contribution >= 4 is 7.82 Å². The van der Waals surface area contributed by atoms with Crippen molar-refractivity contribution in [3.05, 3.63) is 41.7 Å². The van der Waals surface area contributed by atoms with Gasteiger partial charge in [0.2, 0.25) is 6.29 Å². The van der Waals surface area contributed by atoms with Gasteiger partial charge in [-0.15, -0.1) is 0 Å². The lowest BCUT2D eigenvalue weighted by atomic mass is 10.1. The van der Waals surface area contributed by atoms with Crippen LogP contribution in [0.3, 0.4) is 0 Å². The van der Waals surface area contributed by atoms with E-state index in [9.17, 15) is 4.57 Å². The summed E-state index contributed by atoms with van der Waals surface area (Å²) in [5.41, 5.74) is 1.30. The van der Waals surface area contributed by atoms with E-state index in [1.807, 2.05) is 12.1 Å². The smallest absolute Gasteiger partial charge is 0.455 e. The third kappa shape index (κ3) is 5.58.